The third-order valence-electron chi connectivity index (χ3n) is 3.80. The van der Waals surface area contributed by atoms with Crippen LogP contribution < -0.4 is 4.90 Å². The summed E-state index contributed by atoms with van der Waals surface area (Å²) in [5, 5.41) is 0.366. The monoisotopic (exact) mass is 464 g/mol. The summed E-state index contributed by atoms with van der Waals surface area (Å²) in [7, 11) is 0. The molecule has 0 radical (unpaired) electrons. The molecule has 148 valence electrons. The molecule has 1 atom stereocenters. The Morgan fingerprint density at radius 2 is 1.82 bits per heavy atom. The summed E-state index contributed by atoms with van der Waals surface area (Å²) in [6.45, 7) is 2.79. The molecule has 0 unspecified atom stereocenters. The molecule has 2 aromatic rings. The van der Waals surface area contributed by atoms with Gasteiger partial charge in [0.1, 0.15) is 11.5 Å². The number of rotatable bonds is 3. The van der Waals surface area contributed by atoms with Gasteiger partial charge in [-0.2, -0.15) is 0 Å². The highest BCUT2D eigenvalue weighted by atomic mass is 35.6. The molecule has 0 spiro atoms. The number of carbonyl (C=O) groups excluding carboxylic acids is 2. The summed E-state index contributed by atoms with van der Waals surface area (Å²) < 4.78 is 8.55. The second-order valence-electron chi connectivity index (χ2n) is 6.13. The molecular formula is C16H12Cl4N4O4. The summed E-state index contributed by atoms with van der Waals surface area (Å²) in [4.78, 5) is 38.4. The second kappa shape index (κ2) is 7.51. The molecule has 0 saturated heterocycles. The van der Waals surface area contributed by atoms with Crippen LogP contribution in [0.5, 0.6) is 0 Å². The van der Waals surface area contributed by atoms with Crippen LogP contribution in [-0.4, -0.2) is 36.4 Å². The fourth-order valence-electron chi connectivity index (χ4n) is 2.26. The van der Waals surface area contributed by atoms with E-state index in [-0.39, 0.29) is 17.2 Å². The van der Waals surface area contributed by atoms with Crippen molar-refractivity contribution in [3.05, 3.63) is 47.1 Å². The molecule has 12 heteroatoms. The summed E-state index contributed by atoms with van der Waals surface area (Å²) in [6.07, 6.45) is 1.60. The van der Waals surface area contributed by atoms with Gasteiger partial charge in [-0.05, 0) is 26.0 Å². The molecule has 28 heavy (non-hydrogen) atoms. The summed E-state index contributed by atoms with van der Waals surface area (Å²) in [5.41, 5.74) is -1.38. The minimum atomic E-state index is -1.91. The Labute approximate surface area is 179 Å². The standard InChI is InChI=1S/C16H12Cl4N4O4/c1-15(2,16(18,19)20)28-14(26)27-13-11-10(21-5-6-22-11)12(25)24(13)9-4-3-8(17)7-23-9/h3-7,13H,1-2H3/t13-/m1/s1. The van der Waals surface area contributed by atoms with Gasteiger partial charge in [0, 0.05) is 18.6 Å². The van der Waals surface area contributed by atoms with Crippen molar-refractivity contribution >= 4 is 64.3 Å². The number of aromatic nitrogens is 3. The topological polar surface area (TPSA) is 94.5 Å². The van der Waals surface area contributed by atoms with Crippen LogP contribution in [0.25, 0.3) is 0 Å². The number of amides is 1. The molecule has 8 nitrogen and oxygen atoms in total. The van der Waals surface area contributed by atoms with Crippen LogP contribution in [0.2, 0.25) is 5.02 Å². The van der Waals surface area contributed by atoms with Gasteiger partial charge in [-0.15, -0.1) is 0 Å². The number of carbonyl (C=O) groups is 2. The molecule has 0 bridgehead atoms. The van der Waals surface area contributed by atoms with E-state index in [0.29, 0.717) is 5.02 Å². The zero-order valence-corrected chi connectivity index (χ0v) is 17.4. The maximum absolute atomic E-state index is 12.8. The lowest BCUT2D eigenvalue weighted by molar-refractivity contribution is -0.0325. The average Bonchev–Trinajstić information content (AvgIpc) is 2.87. The van der Waals surface area contributed by atoms with E-state index in [2.05, 4.69) is 15.0 Å². The highest BCUT2D eigenvalue weighted by Gasteiger charge is 2.47. The third-order valence-corrected chi connectivity index (χ3v) is 5.39. The fraction of sp³-hybridized carbons (Fsp3) is 0.312. The number of pyridine rings is 1. The Hall–Kier alpha value is -1.87. The summed E-state index contributed by atoms with van der Waals surface area (Å²) in [5.74, 6) is -0.385. The number of hydrogen-bond acceptors (Lipinski definition) is 7. The van der Waals surface area contributed by atoms with Crippen LogP contribution in [0.15, 0.2) is 30.7 Å². The van der Waals surface area contributed by atoms with Crippen molar-refractivity contribution in [2.24, 2.45) is 0 Å². The second-order valence-corrected chi connectivity index (χ2v) is 8.85. The SMILES string of the molecule is CC(C)(OC(=O)O[C@@H]1c2nccnc2C(=O)N1c1ccc(Cl)cn1)C(Cl)(Cl)Cl. The van der Waals surface area contributed by atoms with Gasteiger partial charge in [0.2, 0.25) is 10.0 Å². The van der Waals surface area contributed by atoms with Crippen LogP contribution in [0, 0.1) is 0 Å². The summed E-state index contributed by atoms with van der Waals surface area (Å²) >= 11 is 23.3. The van der Waals surface area contributed by atoms with Crippen molar-refractivity contribution in [3.63, 3.8) is 0 Å². The minimum Gasteiger partial charge on any atom is -0.424 e. The van der Waals surface area contributed by atoms with E-state index in [1.807, 2.05) is 0 Å². The molecule has 0 N–H and O–H groups in total. The van der Waals surface area contributed by atoms with Gasteiger partial charge in [0.25, 0.3) is 5.91 Å². The van der Waals surface area contributed by atoms with Crippen molar-refractivity contribution in [3.8, 4) is 0 Å². The molecular weight excluding hydrogens is 454 g/mol. The first kappa shape index (κ1) is 20.9. The Morgan fingerprint density at radius 1 is 1.14 bits per heavy atom. The first-order valence-electron chi connectivity index (χ1n) is 7.73. The first-order valence-corrected chi connectivity index (χ1v) is 9.25. The van der Waals surface area contributed by atoms with E-state index in [4.69, 9.17) is 55.9 Å². The van der Waals surface area contributed by atoms with Crippen LogP contribution in [0.1, 0.15) is 36.3 Å². The van der Waals surface area contributed by atoms with Gasteiger partial charge in [-0.1, -0.05) is 46.4 Å². The zero-order valence-electron chi connectivity index (χ0n) is 14.4. The molecule has 0 saturated carbocycles. The van der Waals surface area contributed by atoms with E-state index in [1.54, 1.807) is 0 Å². The van der Waals surface area contributed by atoms with Crippen molar-refractivity contribution in [2.45, 2.75) is 29.5 Å². The smallest absolute Gasteiger partial charge is 0.424 e. The van der Waals surface area contributed by atoms with Crippen molar-refractivity contribution < 1.29 is 19.1 Å². The van der Waals surface area contributed by atoms with Crippen molar-refractivity contribution in [1.82, 2.24) is 15.0 Å². The Morgan fingerprint density at radius 3 is 2.43 bits per heavy atom. The van der Waals surface area contributed by atoms with Crippen molar-refractivity contribution in [2.75, 3.05) is 4.90 Å². The predicted molar refractivity (Wildman–Crippen MR) is 103 cm³/mol. The number of halogens is 4. The molecule has 2 aromatic heterocycles. The molecule has 1 amide bonds. The molecule has 0 aliphatic carbocycles. The quantitative estimate of drug-likeness (QED) is 0.486. The van der Waals surface area contributed by atoms with Gasteiger partial charge >= 0.3 is 6.16 Å². The number of nitrogens with zero attached hydrogens (tertiary/aromatic N) is 4. The molecule has 3 heterocycles. The predicted octanol–water partition coefficient (Wildman–Crippen LogP) is 4.49. The van der Waals surface area contributed by atoms with Crippen LogP contribution in [-0.2, 0) is 9.47 Å². The lowest BCUT2D eigenvalue weighted by Crippen LogP contribution is -2.42. The Bertz CT molecular complexity index is 918. The largest absolute Gasteiger partial charge is 0.511 e. The molecule has 0 aromatic carbocycles. The Kier molecular flexibility index (Phi) is 5.60. The normalized spacial score (nSPS) is 16.7. The molecule has 0 fully saturated rings. The van der Waals surface area contributed by atoms with E-state index in [0.717, 1.165) is 4.90 Å². The van der Waals surface area contributed by atoms with E-state index in [9.17, 15) is 9.59 Å². The van der Waals surface area contributed by atoms with Crippen molar-refractivity contribution in [1.29, 1.82) is 0 Å². The van der Waals surface area contributed by atoms with E-state index < -0.39 is 27.7 Å². The van der Waals surface area contributed by atoms with Gasteiger partial charge < -0.3 is 9.47 Å². The van der Waals surface area contributed by atoms with Gasteiger partial charge in [0.15, 0.2) is 11.3 Å². The van der Waals surface area contributed by atoms with Gasteiger partial charge in [0.05, 0.1) is 5.02 Å². The zero-order chi connectivity index (χ0) is 20.7. The maximum atomic E-state index is 12.8. The number of ether oxygens (including phenoxy) is 2. The Balaban J connectivity index is 1.92. The lowest BCUT2D eigenvalue weighted by Gasteiger charge is -2.32. The maximum Gasteiger partial charge on any atom is 0.511 e. The molecule has 1 aliphatic heterocycles. The van der Waals surface area contributed by atoms with E-state index >= 15 is 0 Å². The van der Waals surface area contributed by atoms with E-state index in [1.165, 1.54) is 44.6 Å². The highest BCUT2D eigenvalue weighted by Crippen LogP contribution is 2.41. The number of alkyl halides is 3. The number of hydrogen-bond donors (Lipinski definition) is 0. The van der Waals surface area contributed by atoms with Crippen LogP contribution in [0.3, 0.4) is 0 Å². The third kappa shape index (κ3) is 3.96. The van der Waals surface area contributed by atoms with Crippen LogP contribution >= 0.6 is 46.4 Å². The minimum absolute atomic E-state index is 0.0117. The number of anilines is 1. The highest BCUT2D eigenvalue weighted by molar-refractivity contribution is 6.68. The van der Waals surface area contributed by atoms with Gasteiger partial charge in [-0.25, -0.2) is 19.7 Å². The molecule has 3 rings (SSSR count). The lowest BCUT2D eigenvalue weighted by atomic mass is 10.2. The average molecular weight is 466 g/mol. The molecule has 1 aliphatic rings. The first-order chi connectivity index (χ1) is 13.0. The fourth-order valence-corrected chi connectivity index (χ4v) is 2.49. The van der Waals surface area contributed by atoms with Crippen LogP contribution in [0.4, 0.5) is 10.6 Å². The summed E-state index contributed by atoms with van der Waals surface area (Å²) in [6, 6.07) is 3.02. The van der Waals surface area contributed by atoms with Gasteiger partial charge in [-0.3, -0.25) is 9.78 Å². The number of fused-ring (bicyclic) bond motifs is 1.